The van der Waals surface area contributed by atoms with E-state index in [1.54, 1.807) is 0 Å². The van der Waals surface area contributed by atoms with E-state index in [0.29, 0.717) is 39.6 Å². The largest absolute Gasteiger partial charge is 0.508 e. The zero-order chi connectivity index (χ0) is 19.9. The standard InChI is InChI=1S/C18H42O6Si2/c1-8-15-16-17-18(25(19-9-2,20-10-3)21-11-4)26(22-12-5,23-13-6)24-14-7/h18H,8-17H2,1-7H3. The van der Waals surface area contributed by atoms with E-state index in [1.165, 1.54) is 0 Å². The van der Waals surface area contributed by atoms with Crippen molar-refractivity contribution in [3.05, 3.63) is 0 Å². The van der Waals surface area contributed by atoms with Gasteiger partial charge in [0.05, 0.1) is 5.16 Å². The van der Waals surface area contributed by atoms with Gasteiger partial charge in [-0.1, -0.05) is 26.2 Å². The van der Waals surface area contributed by atoms with Gasteiger partial charge in [0.15, 0.2) is 0 Å². The van der Waals surface area contributed by atoms with Gasteiger partial charge < -0.3 is 26.6 Å². The van der Waals surface area contributed by atoms with Crippen molar-refractivity contribution in [2.45, 2.75) is 79.3 Å². The fourth-order valence-electron chi connectivity index (χ4n) is 3.23. The van der Waals surface area contributed by atoms with Gasteiger partial charge in [0, 0.05) is 39.6 Å². The van der Waals surface area contributed by atoms with E-state index in [-0.39, 0.29) is 5.16 Å². The van der Waals surface area contributed by atoms with Crippen molar-refractivity contribution >= 4 is 17.6 Å². The van der Waals surface area contributed by atoms with Gasteiger partial charge in [-0.3, -0.25) is 0 Å². The molecule has 0 unspecified atom stereocenters. The quantitative estimate of drug-likeness (QED) is 0.244. The summed E-state index contributed by atoms with van der Waals surface area (Å²) >= 11 is 0. The van der Waals surface area contributed by atoms with Gasteiger partial charge in [-0.25, -0.2) is 0 Å². The van der Waals surface area contributed by atoms with Gasteiger partial charge in [-0.15, -0.1) is 0 Å². The molecule has 8 heteroatoms. The number of hydrogen-bond acceptors (Lipinski definition) is 6. The smallest absolute Gasteiger partial charge is 0.374 e. The van der Waals surface area contributed by atoms with Crippen LogP contribution in [0.3, 0.4) is 0 Å². The Morgan fingerprint density at radius 2 is 0.808 bits per heavy atom. The second-order valence-electron chi connectivity index (χ2n) is 5.85. The second kappa shape index (κ2) is 15.2. The molecule has 0 heterocycles. The highest BCUT2D eigenvalue weighted by Gasteiger charge is 2.65. The molecule has 0 bridgehead atoms. The Hall–Kier alpha value is 0.194. The molecule has 158 valence electrons. The molecular formula is C18H42O6Si2. The van der Waals surface area contributed by atoms with Crippen LogP contribution in [-0.4, -0.2) is 57.3 Å². The maximum atomic E-state index is 6.24. The molecule has 26 heavy (non-hydrogen) atoms. The second-order valence-corrected chi connectivity index (χ2v) is 12.0. The molecule has 0 aliphatic rings. The van der Waals surface area contributed by atoms with E-state index in [2.05, 4.69) is 6.92 Å². The van der Waals surface area contributed by atoms with Gasteiger partial charge in [0.25, 0.3) is 0 Å². The molecule has 6 nitrogen and oxygen atoms in total. The molecule has 0 aliphatic heterocycles. The maximum absolute atomic E-state index is 6.24. The van der Waals surface area contributed by atoms with Gasteiger partial charge in [0.1, 0.15) is 0 Å². The predicted molar refractivity (Wildman–Crippen MR) is 109 cm³/mol. The van der Waals surface area contributed by atoms with Crippen LogP contribution in [0.25, 0.3) is 0 Å². The summed E-state index contributed by atoms with van der Waals surface area (Å²) in [7, 11) is -6.07. The van der Waals surface area contributed by atoms with Crippen LogP contribution in [0.15, 0.2) is 0 Å². The molecule has 0 N–H and O–H groups in total. The first-order valence-corrected chi connectivity index (χ1v) is 14.0. The highest BCUT2D eigenvalue weighted by molar-refractivity contribution is 6.82. The Balaban J connectivity index is 6.10. The van der Waals surface area contributed by atoms with E-state index >= 15 is 0 Å². The molecule has 0 spiro atoms. The van der Waals surface area contributed by atoms with Crippen LogP contribution in [0.2, 0.25) is 5.16 Å². The number of unbranched alkanes of at least 4 members (excludes halogenated alkanes) is 2. The number of rotatable bonds is 18. The Morgan fingerprint density at radius 1 is 0.500 bits per heavy atom. The molecule has 0 aromatic rings. The average molecular weight is 411 g/mol. The molecule has 0 fully saturated rings. The van der Waals surface area contributed by atoms with Crippen molar-refractivity contribution in [3.8, 4) is 0 Å². The minimum Gasteiger partial charge on any atom is -0.374 e. The molecule has 0 aromatic heterocycles. The van der Waals surface area contributed by atoms with Crippen LogP contribution in [0, 0.1) is 0 Å². The monoisotopic (exact) mass is 410 g/mol. The van der Waals surface area contributed by atoms with Gasteiger partial charge >= 0.3 is 17.6 Å². The minimum atomic E-state index is -3.04. The summed E-state index contributed by atoms with van der Waals surface area (Å²) in [5, 5.41) is -0.110. The van der Waals surface area contributed by atoms with Crippen LogP contribution in [-0.2, 0) is 26.6 Å². The Morgan fingerprint density at radius 3 is 1.04 bits per heavy atom. The molecule has 0 aliphatic carbocycles. The van der Waals surface area contributed by atoms with Gasteiger partial charge in [-0.2, -0.15) is 0 Å². The van der Waals surface area contributed by atoms with E-state index in [1.807, 2.05) is 41.5 Å². The summed E-state index contributed by atoms with van der Waals surface area (Å²) < 4.78 is 37.4. The first kappa shape index (κ1) is 26.2. The van der Waals surface area contributed by atoms with E-state index in [9.17, 15) is 0 Å². The Labute approximate surface area is 163 Å². The molecule has 0 atom stereocenters. The summed E-state index contributed by atoms with van der Waals surface area (Å²) in [6.07, 6.45) is 4.20. The lowest BCUT2D eigenvalue weighted by Crippen LogP contribution is -2.64. The van der Waals surface area contributed by atoms with Crippen molar-refractivity contribution in [1.29, 1.82) is 0 Å². The lowest BCUT2D eigenvalue weighted by atomic mass is 10.2. The van der Waals surface area contributed by atoms with Crippen LogP contribution in [0.1, 0.15) is 74.1 Å². The third kappa shape index (κ3) is 7.67. The lowest BCUT2D eigenvalue weighted by molar-refractivity contribution is 0.0310. The average Bonchev–Trinajstić information content (AvgIpc) is 2.60. The summed E-state index contributed by atoms with van der Waals surface area (Å²) in [6.45, 7) is 17.3. The summed E-state index contributed by atoms with van der Waals surface area (Å²) in [5.41, 5.74) is 0. The van der Waals surface area contributed by atoms with Crippen molar-refractivity contribution < 1.29 is 26.6 Å². The summed E-state index contributed by atoms with van der Waals surface area (Å²) in [5.74, 6) is 0. The SMILES string of the molecule is CCCCCC([Si](OCC)(OCC)OCC)[Si](OCC)(OCC)OCC. The Bertz CT molecular complexity index is 273. The Kier molecular flexibility index (Phi) is 15.3. The molecular weight excluding hydrogens is 368 g/mol. The lowest BCUT2D eigenvalue weighted by Gasteiger charge is -2.42. The fourth-order valence-corrected chi connectivity index (χ4v) is 11.7. The van der Waals surface area contributed by atoms with Crippen molar-refractivity contribution in [3.63, 3.8) is 0 Å². The maximum Gasteiger partial charge on any atom is 0.508 e. The van der Waals surface area contributed by atoms with Crippen LogP contribution in [0.4, 0.5) is 0 Å². The van der Waals surface area contributed by atoms with Crippen molar-refractivity contribution in [1.82, 2.24) is 0 Å². The van der Waals surface area contributed by atoms with Crippen LogP contribution in [0.5, 0.6) is 0 Å². The van der Waals surface area contributed by atoms with Crippen LogP contribution >= 0.6 is 0 Å². The highest BCUT2D eigenvalue weighted by atomic mass is 28.5. The first-order valence-electron chi connectivity index (χ1n) is 10.4. The summed E-state index contributed by atoms with van der Waals surface area (Å²) in [4.78, 5) is 0. The van der Waals surface area contributed by atoms with Crippen molar-refractivity contribution in [2.75, 3.05) is 39.6 Å². The summed E-state index contributed by atoms with van der Waals surface area (Å²) in [6, 6.07) is 0. The normalized spacial score (nSPS) is 12.9. The van der Waals surface area contributed by atoms with Gasteiger partial charge in [0.2, 0.25) is 0 Å². The first-order chi connectivity index (χ1) is 12.6. The molecule has 0 rings (SSSR count). The zero-order valence-corrected chi connectivity index (χ0v) is 20.1. The van der Waals surface area contributed by atoms with Gasteiger partial charge in [-0.05, 0) is 48.0 Å². The highest BCUT2D eigenvalue weighted by Crippen LogP contribution is 2.41. The van der Waals surface area contributed by atoms with Crippen molar-refractivity contribution in [2.24, 2.45) is 0 Å². The molecule has 0 aromatic carbocycles. The van der Waals surface area contributed by atoms with Crippen LogP contribution < -0.4 is 0 Å². The van der Waals surface area contributed by atoms with E-state index < -0.39 is 17.6 Å². The third-order valence-corrected chi connectivity index (χ3v) is 12.6. The molecule has 0 radical (unpaired) electrons. The topological polar surface area (TPSA) is 55.4 Å². The molecule has 0 amide bonds. The molecule has 0 saturated carbocycles. The van der Waals surface area contributed by atoms with E-state index in [4.69, 9.17) is 26.6 Å². The third-order valence-electron chi connectivity index (χ3n) is 4.02. The predicted octanol–water partition coefficient (Wildman–Crippen LogP) is 4.57. The number of hydrogen-bond donors (Lipinski definition) is 0. The molecule has 0 saturated heterocycles. The zero-order valence-electron chi connectivity index (χ0n) is 18.1. The fraction of sp³-hybridized carbons (Fsp3) is 1.00. The van der Waals surface area contributed by atoms with E-state index in [0.717, 1.165) is 25.7 Å². The minimum absolute atomic E-state index is 0.110.